The lowest BCUT2D eigenvalue weighted by atomic mass is 10.1. The number of esters is 1. The first-order valence-electron chi connectivity index (χ1n) is 8.53. The van der Waals surface area contributed by atoms with Gasteiger partial charge in [-0.15, -0.1) is 0 Å². The predicted molar refractivity (Wildman–Crippen MR) is 103 cm³/mol. The third kappa shape index (κ3) is 4.10. The van der Waals surface area contributed by atoms with Gasteiger partial charge in [0.25, 0.3) is 11.5 Å². The van der Waals surface area contributed by atoms with Gasteiger partial charge in [0.1, 0.15) is 0 Å². The van der Waals surface area contributed by atoms with Gasteiger partial charge in [0.2, 0.25) is 0 Å². The van der Waals surface area contributed by atoms with Crippen LogP contribution < -0.4 is 16.7 Å². The average Bonchev–Trinajstić information content (AvgIpc) is 2.76. The third-order valence-corrected chi connectivity index (χ3v) is 4.18. The van der Waals surface area contributed by atoms with Gasteiger partial charge in [0.05, 0.1) is 18.6 Å². The molecular weight excluding hydrogens is 378 g/mol. The Morgan fingerprint density at radius 3 is 2.41 bits per heavy atom. The number of hydrogen-bond acceptors (Lipinski definition) is 7. The van der Waals surface area contributed by atoms with Crippen molar-refractivity contribution < 1.29 is 14.3 Å². The number of methoxy groups -OCH3 is 1. The van der Waals surface area contributed by atoms with Crippen LogP contribution in [0, 0.1) is 0 Å². The van der Waals surface area contributed by atoms with E-state index in [1.165, 1.54) is 26.4 Å². The summed E-state index contributed by atoms with van der Waals surface area (Å²) in [6, 6.07) is 9.17. The van der Waals surface area contributed by atoms with E-state index in [2.05, 4.69) is 25.1 Å². The van der Waals surface area contributed by atoms with Gasteiger partial charge in [-0.05, 0) is 6.92 Å². The second kappa shape index (κ2) is 8.30. The Morgan fingerprint density at radius 1 is 1.14 bits per heavy atom. The molecule has 3 aromatic rings. The first kappa shape index (κ1) is 19.7. The Kier molecular flexibility index (Phi) is 5.63. The van der Waals surface area contributed by atoms with Crippen LogP contribution in [0.1, 0.15) is 28.8 Å². The van der Waals surface area contributed by atoms with Gasteiger partial charge in [0, 0.05) is 29.7 Å². The maximum absolute atomic E-state index is 12.5. The van der Waals surface area contributed by atoms with E-state index in [4.69, 9.17) is 0 Å². The maximum atomic E-state index is 12.5. The molecule has 2 heterocycles. The molecule has 0 aliphatic rings. The molecule has 10 nitrogen and oxygen atoms in total. The van der Waals surface area contributed by atoms with Gasteiger partial charge >= 0.3 is 11.7 Å². The largest absolute Gasteiger partial charge is 0.469 e. The molecule has 3 rings (SSSR count). The van der Waals surface area contributed by atoms with Crippen LogP contribution >= 0.6 is 0 Å². The van der Waals surface area contributed by atoms with E-state index < -0.39 is 29.0 Å². The molecule has 1 amide bonds. The van der Waals surface area contributed by atoms with Crippen LogP contribution in [0.5, 0.6) is 0 Å². The molecule has 2 N–H and O–H groups in total. The van der Waals surface area contributed by atoms with Gasteiger partial charge in [-0.3, -0.25) is 19.8 Å². The Hall–Kier alpha value is -4.08. The number of rotatable bonds is 5. The number of aromatic amines is 1. The number of carbonyl (C=O) groups excluding carboxylic acids is 2. The highest BCUT2D eigenvalue weighted by molar-refractivity contribution is 5.99. The zero-order valence-electron chi connectivity index (χ0n) is 15.6. The summed E-state index contributed by atoms with van der Waals surface area (Å²) >= 11 is 0. The summed E-state index contributed by atoms with van der Waals surface area (Å²) in [7, 11) is 1.18. The highest BCUT2D eigenvalue weighted by Gasteiger charge is 2.22. The number of ether oxygens (including phenoxy) is 1. The molecule has 0 spiro atoms. The van der Waals surface area contributed by atoms with Crippen molar-refractivity contribution in [2.24, 2.45) is 0 Å². The molecular formula is C19H17N5O5. The van der Waals surface area contributed by atoms with Crippen LogP contribution in [0.3, 0.4) is 0 Å². The van der Waals surface area contributed by atoms with Crippen molar-refractivity contribution >= 4 is 11.9 Å². The molecule has 0 saturated heterocycles. The van der Waals surface area contributed by atoms with E-state index in [1.807, 2.05) is 30.3 Å². The number of hydrogen-bond donors (Lipinski definition) is 2. The quantitative estimate of drug-likeness (QED) is 0.606. The molecule has 29 heavy (non-hydrogen) atoms. The van der Waals surface area contributed by atoms with Crippen LogP contribution in [-0.4, -0.2) is 38.6 Å². The second-order valence-corrected chi connectivity index (χ2v) is 6.04. The number of amides is 1. The molecule has 0 radical (unpaired) electrons. The molecule has 0 aliphatic carbocycles. The Labute approximate surface area is 164 Å². The number of H-pyrrole nitrogens is 1. The van der Waals surface area contributed by atoms with Crippen LogP contribution in [0.15, 0.2) is 58.5 Å². The lowest BCUT2D eigenvalue weighted by Gasteiger charge is -2.12. The molecule has 148 valence electrons. The fourth-order valence-corrected chi connectivity index (χ4v) is 2.55. The topological polar surface area (TPSA) is 136 Å². The van der Waals surface area contributed by atoms with Crippen molar-refractivity contribution in [3.05, 3.63) is 80.9 Å². The van der Waals surface area contributed by atoms with E-state index in [-0.39, 0.29) is 11.1 Å². The average molecular weight is 395 g/mol. The van der Waals surface area contributed by atoms with Crippen molar-refractivity contribution in [1.82, 2.24) is 19.6 Å². The maximum Gasteiger partial charge on any atom is 0.347 e. The van der Waals surface area contributed by atoms with Crippen LogP contribution in [0.4, 0.5) is 0 Å². The number of aromatic nitrogens is 4. The zero-order valence-corrected chi connectivity index (χ0v) is 15.6. The molecule has 1 atom stereocenters. The van der Waals surface area contributed by atoms with Crippen molar-refractivity contribution in [3.63, 3.8) is 0 Å². The summed E-state index contributed by atoms with van der Waals surface area (Å²) in [5.74, 6) is -1.93. The Bertz CT molecular complexity index is 1150. The summed E-state index contributed by atoms with van der Waals surface area (Å²) in [5, 5.41) is 0. The summed E-state index contributed by atoms with van der Waals surface area (Å²) in [6.07, 6.45) is 3.68. The lowest BCUT2D eigenvalue weighted by molar-refractivity contribution is -0.142. The first-order chi connectivity index (χ1) is 13.9. The molecule has 0 aliphatic heterocycles. The minimum absolute atomic E-state index is 0.0348. The molecule has 1 unspecified atom stereocenters. The number of nitrogens with one attached hydrogen (secondary N) is 2. The number of carbonyl (C=O) groups is 2. The summed E-state index contributed by atoms with van der Waals surface area (Å²) in [6.45, 7) is 1.45. The summed E-state index contributed by atoms with van der Waals surface area (Å²) in [5.41, 5.74) is 1.26. The van der Waals surface area contributed by atoms with Gasteiger partial charge in [0.15, 0.2) is 5.82 Å². The summed E-state index contributed by atoms with van der Waals surface area (Å²) in [4.78, 5) is 59.3. The third-order valence-electron chi connectivity index (χ3n) is 4.18. The van der Waals surface area contributed by atoms with Crippen LogP contribution in [0.25, 0.3) is 11.4 Å². The fourth-order valence-electron chi connectivity index (χ4n) is 2.55. The molecule has 1 aromatic carbocycles. The van der Waals surface area contributed by atoms with Crippen molar-refractivity contribution in [2.75, 3.05) is 12.5 Å². The minimum Gasteiger partial charge on any atom is -0.469 e. The fraction of sp³-hybridized carbons (Fsp3) is 0.158. The van der Waals surface area contributed by atoms with Crippen molar-refractivity contribution in [3.8, 4) is 11.4 Å². The zero-order chi connectivity index (χ0) is 21.0. The number of benzene rings is 1. The molecule has 0 saturated carbocycles. The standard InChI is InChI=1S/C19H17N5O5/c1-11(18(27)29-2)14-10-22-19(28)24(17(14)26)23-16(25)13-8-20-15(21-9-13)12-6-4-3-5-7-12/h3-11H,1-2H3,(H,22,28)(H,23,25). The smallest absolute Gasteiger partial charge is 0.347 e. The van der Waals surface area contributed by atoms with E-state index in [1.54, 1.807) is 0 Å². The minimum atomic E-state index is -0.930. The molecule has 0 bridgehead atoms. The molecule has 2 aromatic heterocycles. The second-order valence-electron chi connectivity index (χ2n) is 6.04. The van der Waals surface area contributed by atoms with E-state index in [9.17, 15) is 19.2 Å². The van der Waals surface area contributed by atoms with E-state index >= 15 is 0 Å². The van der Waals surface area contributed by atoms with Crippen LogP contribution in [-0.2, 0) is 9.53 Å². The van der Waals surface area contributed by atoms with Crippen molar-refractivity contribution in [2.45, 2.75) is 12.8 Å². The highest BCUT2D eigenvalue weighted by atomic mass is 16.5. The van der Waals surface area contributed by atoms with Gasteiger partial charge in [-0.1, -0.05) is 30.3 Å². The number of nitrogens with zero attached hydrogens (tertiary/aromatic N) is 3. The van der Waals surface area contributed by atoms with Crippen LogP contribution in [0.2, 0.25) is 0 Å². The van der Waals surface area contributed by atoms with Gasteiger partial charge in [-0.2, -0.15) is 4.68 Å². The SMILES string of the molecule is COC(=O)C(C)c1c[nH]c(=O)n(NC(=O)c2cnc(-c3ccccc3)nc2)c1=O. The van der Waals surface area contributed by atoms with Gasteiger partial charge in [-0.25, -0.2) is 14.8 Å². The summed E-state index contributed by atoms with van der Waals surface area (Å²) < 4.78 is 5.09. The normalized spacial score (nSPS) is 11.5. The highest BCUT2D eigenvalue weighted by Crippen LogP contribution is 2.13. The van der Waals surface area contributed by atoms with E-state index in [0.29, 0.717) is 10.5 Å². The molecule has 10 heteroatoms. The van der Waals surface area contributed by atoms with Crippen molar-refractivity contribution in [1.29, 1.82) is 0 Å². The van der Waals surface area contributed by atoms with E-state index in [0.717, 1.165) is 11.8 Å². The van der Waals surface area contributed by atoms with Gasteiger partial charge < -0.3 is 9.72 Å². The monoisotopic (exact) mass is 395 g/mol. The Balaban J connectivity index is 1.86. The Morgan fingerprint density at radius 2 is 1.79 bits per heavy atom. The lowest BCUT2D eigenvalue weighted by Crippen LogP contribution is -2.45. The predicted octanol–water partition coefficient (Wildman–Crippen LogP) is 0.654. The molecule has 0 fully saturated rings. The first-order valence-corrected chi connectivity index (χ1v) is 8.53.